The second-order valence-electron chi connectivity index (χ2n) is 9.21. The Morgan fingerprint density at radius 2 is 1.70 bits per heavy atom. The van der Waals surface area contributed by atoms with Gasteiger partial charge in [-0.1, -0.05) is 37.3 Å². The van der Waals surface area contributed by atoms with E-state index in [1.165, 1.54) is 44.5 Å². The Hall–Kier alpha value is -0.900. The topological polar surface area (TPSA) is 52.1 Å². The summed E-state index contributed by atoms with van der Waals surface area (Å²) in [7, 11) is 0. The van der Waals surface area contributed by atoms with Gasteiger partial charge in [0.25, 0.3) is 0 Å². The standard InChI is InChI=1S/C26H45N5O.HI/c1-3-16-30-17-11-24(12-18-30)29-26(27-4-2)28-15-8-21-32-25-13-19-31(20-14-25)22-23-9-6-5-7-10-23;/h5-7,9-10,24-25H,3-4,8,11-22H2,1-2H3,(H2,27,28,29);1H. The molecule has 1 aromatic carbocycles. The molecule has 3 rings (SSSR count). The van der Waals surface area contributed by atoms with Gasteiger partial charge in [0, 0.05) is 58.5 Å². The first-order valence-electron chi connectivity index (χ1n) is 12.9. The number of nitrogens with zero attached hydrogens (tertiary/aromatic N) is 3. The van der Waals surface area contributed by atoms with E-state index in [1.54, 1.807) is 0 Å². The highest BCUT2D eigenvalue weighted by Gasteiger charge is 2.20. The number of hydrogen-bond acceptors (Lipinski definition) is 4. The Bertz CT molecular complexity index is 643. The van der Waals surface area contributed by atoms with E-state index in [0.717, 1.165) is 64.6 Å². The fraction of sp³-hybridized carbons (Fsp3) is 0.731. The number of hydrogen-bond donors (Lipinski definition) is 2. The summed E-state index contributed by atoms with van der Waals surface area (Å²) in [5, 5.41) is 7.06. The van der Waals surface area contributed by atoms with Crippen LogP contribution in [0.2, 0.25) is 0 Å². The first-order valence-corrected chi connectivity index (χ1v) is 12.9. The zero-order valence-electron chi connectivity index (χ0n) is 20.8. The third-order valence-corrected chi connectivity index (χ3v) is 6.52. The lowest BCUT2D eigenvalue weighted by molar-refractivity contribution is 0.00566. The molecule has 0 aliphatic carbocycles. The molecule has 1 aromatic rings. The molecule has 0 radical (unpaired) electrons. The number of piperidine rings is 2. The molecule has 0 saturated carbocycles. The molecule has 33 heavy (non-hydrogen) atoms. The zero-order valence-corrected chi connectivity index (χ0v) is 23.1. The van der Waals surface area contributed by atoms with Gasteiger partial charge in [0.05, 0.1) is 6.10 Å². The minimum atomic E-state index is 0. The lowest BCUT2D eigenvalue weighted by Gasteiger charge is -2.32. The van der Waals surface area contributed by atoms with E-state index in [1.807, 2.05) is 0 Å². The van der Waals surface area contributed by atoms with Gasteiger partial charge >= 0.3 is 0 Å². The lowest BCUT2D eigenvalue weighted by atomic mass is 10.1. The van der Waals surface area contributed by atoms with Crippen molar-refractivity contribution in [3.05, 3.63) is 35.9 Å². The van der Waals surface area contributed by atoms with Crippen LogP contribution in [0.15, 0.2) is 35.3 Å². The molecule has 0 spiro atoms. The average Bonchev–Trinajstić information content (AvgIpc) is 2.82. The van der Waals surface area contributed by atoms with Gasteiger partial charge in [0.1, 0.15) is 0 Å². The third kappa shape index (κ3) is 10.9. The molecule has 6 nitrogen and oxygen atoms in total. The summed E-state index contributed by atoms with van der Waals surface area (Å²) in [4.78, 5) is 9.91. The highest BCUT2D eigenvalue weighted by molar-refractivity contribution is 14.0. The van der Waals surface area contributed by atoms with Crippen molar-refractivity contribution in [3.63, 3.8) is 0 Å². The molecule has 0 unspecified atom stereocenters. The summed E-state index contributed by atoms with van der Waals surface area (Å²) in [5.74, 6) is 0.968. The minimum Gasteiger partial charge on any atom is -0.378 e. The number of halogens is 1. The van der Waals surface area contributed by atoms with E-state index < -0.39 is 0 Å². The first-order chi connectivity index (χ1) is 15.8. The predicted molar refractivity (Wildman–Crippen MR) is 150 cm³/mol. The van der Waals surface area contributed by atoms with E-state index in [-0.39, 0.29) is 24.0 Å². The Morgan fingerprint density at radius 3 is 2.36 bits per heavy atom. The van der Waals surface area contributed by atoms with Crippen molar-refractivity contribution in [2.45, 2.75) is 71.1 Å². The fourth-order valence-corrected chi connectivity index (χ4v) is 4.71. The fourth-order valence-electron chi connectivity index (χ4n) is 4.71. The monoisotopic (exact) mass is 571 g/mol. The normalized spacial score (nSPS) is 19.3. The van der Waals surface area contributed by atoms with Crippen LogP contribution in [-0.2, 0) is 11.3 Å². The molecule has 2 fully saturated rings. The molecule has 0 aromatic heterocycles. The SMILES string of the molecule is CCCN1CCC(NC(=NCCCOC2CCN(Cc3ccccc3)CC2)NCC)CC1.I. The van der Waals surface area contributed by atoms with Gasteiger partial charge in [-0.25, -0.2) is 0 Å². The maximum atomic E-state index is 6.17. The van der Waals surface area contributed by atoms with Gasteiger partial charge in [0.2, 0.25) is 0 Å². The largest absolute Gasteiger partial charge is 0.378 e. The number of likely N-dealkylation sites (tertiary alicyclic amines) is 2. The summed E-state index contributed by atoms with van der Waals surface area (Å²) >= 11 is 0. The third-order valence-electron chi connectivity index (χ3n) is 6.52. The van der Waals surface area contributed by atoms with Crippen molar-refractivity contribution in [1.29, 1.82) is 0 Å². The van der Waals surface area contributed by atoms with Gasteiger partial charge in [-0.3, -0.25) is 9.89 Å². The maximum absolute atomic E-state index is 6.17. The Morgan fingerprint density at radius 1 is 1.00 bits per heavy atom. The molecule has 0 bridgehead atoms. The number of benzene rings is 1. The number of nitrogens with one attached hydrogen (secondary N) is 2. The Kier molecular flexibility index (Phi) is 14.3. The number of guanidine groups is 1. The van der Waals surface area contributed by atoms with Crippen LogP contribution < -0.4 is 10.6 Å². The molecular formula is C26H46IN5O. The van der Waals surface area contributed by atoms with Crippen molar-refractivity contribution in [2.24, 2.45) is 4.99 Å². The molecule has 2 N–H and O–H groups in total. The van der Waals surface area contributed by atoms with Crippen LogP contribution in [0.25, 0.3) is 0 Å². The van der Waals surface area contributed by atoms with Crippen molar-refractivity contribution in [2.75, 3.05) is 52.4 Å². The van der Waals surface area contributed by atoms with Crippen molar-refractivity contribution in [1.82, 2.24) is 20.4 Å². The Labute approximate surface area is 218 Å². The quantitative estimate of drug-likeness (QED) is 0.181. The number of aliphatic imine (C=N–C) groups is 1. The van der Waals surface area contributed by atoms with Gasteiger partial charge in [-0.2, -0.15) is 0 Å². The van der Waals surface area contributed by atoms with Crippen LogP contribution >= 0.6 is 24.0 Å². The van der Waals surface area contributed by atoms with E-state index >= 15 is 0 Å². The molecule has 7 heteroatoms. The molecule has 2 saturated heterocycles. The summed E-state index contributed by atoms with van der Waals surface area (Å²) < 4.78 is 6.17. The van der Waals surface area contributed by atoms with Crippen LogP contribution in [0.4, 0.5) is 0 Å². The summed E-state index contributed by atoms with van der Waals surface area (Å²) in [5.41, 5.74) is 1.40. The predicted octanol–water partition coefficient (Wildman–Crippen LogP) is 4.11. The first kappa shape index (κ1) is 28.3. The average molecular weight is 572 g/mol. The van der Waals surface area contributed by atoms with Gasteiger partial charge in [-0.05, 0) is 57.6 Å². The van der Waals surface area contributed by atoms with Gasteiger partial charge in [-0.15, -0.1) is 24.0 Å². The van der Waals surface area contributed by atoms with Crippen molar-refractivity contribution in [3.8, 4) is 0 Å². The molecule has 2 aliphatic rings. The molecular weight excluding hydrogens is 525 g/mol. The zero-order chi connectivity index (χ0) is 22.4. The maximum Gasteiger partial charge on any atom is 0.191 e. The minimum absolute atomic E-state index is 0. The van der Waals surface area contributed by atoms with Crippen LogP contribution in [0.3, 0.4) is 0 Å². The van der Waals surface area contributed by atoms with E-state index in [9.17, 15) is 0 Å². The van der Waals surface area contributed by atoms with Crippen LogP contribution in [0.1, 0.15) is 57.9 Å². The van der Waals surface area contributed by atoms with Crippen LogP contribution in [0, 0.1) is 0 Å². The number of ether oxygens (including phenoxy) is 1. The van der Waals surface area contributed by atoms with Crippen molar-refractivity contribution < 1.29 is 4.74 Å². The van der Waals surface area contributed by atoms with Gasteiger partial charge in [0.15, 0.2) is 5.96 Å². The molecule has 188 valence electrons. The van der Waals surface area contributed by atoms with Crippen LogP contribution in [0.5, 0.6) is 0 Å². The molecule has 2 heterocycles. The second kappa shape index (κ2) is 16.7. The van der Waals surface area contributed by atoms with E-state index in [2.05, 4.69) is 64.6 Å². The second-order valence-corrected chi connectivity index (χ2v) is 9.21. The highest BCUT2D eigenvalue weighted by atomic mass is 127. The van der Waals surface area contributed by atoms with Crippen LogP contribution in [-0.4, -0.2) is 80.3 Å². The summed E-state index contributed by atoms with van der Waals surface area (Å²) in [6, 6.07) is 11.3. The molecule has 2 aliphatic heterocycles. The lowest BCUT2D eigenvalue weighted by Crippen LogP contribution is -2.48. The summed E-state index contributed by atoms with van der Waals surface area (Å²) in [6.45, 7) is 13.9. The smallest absolute Gasteiger partial charge is 0.191 e. The molecule has 0 amide bonds. The molecule has 0 atom stereocenters. The van der Waals surface area contributed by atoms with E-state index in [4.69, 9.17) is 9.73 Å². The Balaban J connectivity index is 0.00000385. The van der Waals surface area contributed by atoms with Crippen molar-refractivity contribution >= 4 is 29.9 Å². The summed E-state index contributed by atoms with van der Waals surface area (Å²) in [6.07, 6.45) is 7.32. The van der Waals surface area contributed by atoms with E-state index in [0.29, 0.717) is 12.1 Å². The number of rotatable bonds is 11. The van der Waals surface area contributed by atoms with Gasteiger partial charge < -0.3 is 20.3 Å². The highest BCUT2D eigenvalue weighted by Crippen LogP contribution is 2.16.